The van der Waals surface area contributed by atoms with Gasteiger partial charge in [-0.3, -0.25) is 9.69 Å². The van der Waals surface area contributed by atoms with Crippen molar-refractivity contribution in [2.75, 3.05) is 4.90 Å². The quantitative estimate of drug-likeness (QED) is 0.765. The highest BCUT2D eigenvalue weighted by Crippen LogP contribution is 2.37. The van der Waals surface area contributed by atoms with E-state index >= 15 is 0 Å². The summed E-state index contributed by atoms with van der Waals surface area (Å²) in [6.07, 6.45) is 0.552. The summed E-state index contributed by atoms with van der Waals surface area (Å²) in [6, 6.07) is 9.38. The molecule has 1 aromatic rings. The van der Waals surface area contributed by atoms with Crippen molar-refractivity contribution in [3.8, 4) is 0 Å². The third-order valence-electron chi connectivity index (χ3n) is 3.58. The van der Waals surface area contributed by atoms with Crippen LogP contribution in [0.25, 0.3) is 0 Å². The summed E-state index contributed by atoms with van der Waals surface area (Å²) in [6.45, 7) is 1.40. The van der Waals surface area contributed by atoms with Gasteiger partial charge in [0.25, 0.3) is 0 Å². The van der Waals surface area contributed by atoms with Crippen molar-refractivity contribution in [3.63, 3.8) is 0 Å². The lowest BCUT2D eigenvalue weighted by atomic mass is 10.2. The van der Waals surface area contributed by atoms with Gasteiger partial charge in [0, 0.05) is 25.5 Å². The van der Waals surface area contributed by atoms with E-state index < -0.39 is 0 Å². The van der Waals surface area contributed by atoms with E-state index in [0.29, 0.717) is 12.8 Å². The molecule has 5 heteroatoms. The smallest absolute Gasteiger partial charge is 0.415 e. The van der Waals surface area contributed by atoms with Crippen LogP contribution in [0.15, 0.2) is 30.3 Å². The number of esters is 1. The molecule has 2 fully saturated rings. The highest BCUT2D eigenvalue weighted by atomic mass is 16.6. The first-order chi connectivity index (χ1) is 9.15. The molecule has 1 aliphatic heterocycles. The summed E-state index contributed by atoms with van der Waals surface area (Å²) in [4.78, 5) is 24.6. The number of nitrogens with zero attached hydrogens (tertiary/aromatic N) is 1. The fraction of sp³-hybridized carbons (Fsp3) is 0.429. The molecule has 5 nitrogen and oxygen atoms in total. The Morgan fingerprint density at radius 1 is 1.32 bits per heavy atom. The van der Waals surface area contributed by atoms with Crippen LogP contribution in [0, 0.1) is 0 Å². The Hall–Kier alpha value is -2.04. The summed E-state index contributed by atoms with van der Waals surface area (Å²) in [5.74, 6) is -0.289. The van der Waals surface area contributed by atoms with Gasteiger partial charge in [-0.25, -0.2) is 4.79 Å². The van der Waals surface area contributed by atoms with E-state index in [2.05, 4.69) is 0 Å². The first-order valence-electron chi connectivity index (χ1n) is 6.37. The molecule has 0 unspecified atom stereocenters. The summed E-state index contributed by atoms with van der Waals surface area (Å²) >= 11 is 0. The second kappa shape index (κ2) is 4.57. The molecule has 1 aromatic carbocycles. The van der Waals surface area contributed by atoms with E-state index in [1.807, 2.05) is 30.3 Å². The summed E-state index contributed by atoms with van der Waals surface area (Å²) < 4.78 is 10.6. The second-order valence-corrected chi connectivity index (χ2v) is 4.90. The van der Waals surface area contributed by atoms with E-state index in [4.69, 9.17) is 9.47 Å². The summed E-state index contributed by atoms with van der Waals surface area (Å²) in [5.41, 5.74) is 0.823. The number of rotatable bonds is 2. The Balaban J connectivity index is 1.79. The van der Waals surface area contributed by atoms with Gasteiger partial charge in [0.2, 0.25) is 0 Å². The number of hydrogen-bond acceptors (Lipinski definition) is 4. The number of anilines is 1. The maximum Gasteiger partial charge on any atom is 0.415 e. The van der Waals surface area contributed by atoms with Crippen LogP contribution in [-0.2, 0) is 14.3 Å². The minimum atomic E-state index is -0.317. The molecule has 0 aromatic heterocycles. The maximum absolute atomic E-state index is 11.9. The third kappa shape index (κ3) is 2.16. The molecule has 100 valence electrons. The lowest BCUT2D eigenvalue weighted by Crippen LogP contribution is -2.34. The van der Waals surface area contributed by atoms with Crippen molar-refractivity contribution in [1.29, 1.82) is 0 Å². The molecule has 0 spiro atoms. The van der Waals surface area contributed by atoms with Gasteiger partial charge in [-0.1, -0.05) is 18.2 Å². The molecule has 1 saturated heterocycles. The minimum absolute atomic E-state index is 0.0424. The Morgan fingerprint density at radius 2 is 2.05 bits per heavy atom. The van der Waals surface area contributed by atoms with Crippen molar-refractivity contribution in [3.05, 3.63) is 30.3 Å². The molecule has 0 N–H and O–H groups in total. The first-order valence-corrected chi connectivity index (χ1v) is 6.37. The number of ether oxygens (including phenoxy) is 2. The lowest BCUT2D eigenvalue weighted by molar-refractivity contribution is -0.146. The molecule has 1 amide bonds. The van der Waals surface area contributed by atoms with Crippen molar-refractivity contribution in [1.82, 2.24) is 0 Å². The Bertz CT molecular complexity index is 501. The predicted octanol–water partition coefficient (Wildman–Crippen LogP) is 2.11. The fourth-order valence-corrected chi connectivity index (χ4v) is 2.87. The molecular formula is C14H15NO4. The number of fused-ring (bicyclic) bond motifs is 1. The van der Waals surface area contributed by atoms with Gasteiger partial charge in [0.15, 0.2) is 0 Å². The molecule has 3 atom stereocenters. The fourth-order valence-electron chi connectivity index (χ4n) is 2.87. The first kappa shape index (κ1) is 12.0. The normalized spacial score (nSPS) is 29.0. The van der Waals surface area contributed by atoms with Crippen molar-refractivity contribution < 1.29 is 19.1 Å². The van der Waals surface area contributed by atoms with Crippen LogP contribution < -0.4 is 4.90 Å². The number of carbonyl (C=O) groups excluding carboxylic acids is 2. The Morgan fingerprint density at radius 3 is 2.74 bits per heavy atom. The predicted molar refractivity (Wildman–Crippen MR) is 67.8 cm³/mol. The molecule has 1 saturated carbocycles. The molecule has 1 aliphatic carbocycles. The highest BCUT2D eigenvalue weighted by Gasteiger charge is 2.49. The molecule has 0 radical (unpaired) electrons. The van der Waals surface area contributed by atoms with Crippen LogP contribution in [0.2, 0.25) is 0 Å². The van der Waals surface area contributed by atoms with Crippen molar-refractivity contribution in [2.24, 2.45) is 0 Å². The van der Waals surface area contributed by atoms with Crippen LogP contribution in [0.5, 0.6) is 0 Å². The van der Waals surface area contributed by atoms with E-state index in [1.54, 1.807) is 4.90 Å². The van der Waals surface area contributed by atoms with Crippen molar-refractivity contribution >= 4 is 17.7 Å². The second-order valence-electron chi connectivity index (χ2n) is 4.90. The van der Waals surface area contributed by atoms with Gasteiger partial charge in [0.1, 0.15) is 12.2 Å². The van der Waals surface area contributed by atoms with Crippen molar-refractivity contribution in [2.45, 2.75) is 38.0 Å². The maximum atomic E-state index is 11.9. The topological polar surface area (TPSA) is 55.8 Å². The zero-order valence-corrected chi connectivity index (χ0v) is 10.6. The van der Waals surface area contributed by atoms with E-state index in [-0.39, 0.29) is 30.3 Å². The van der Waals surface area contributed by atoms with Crippen LogP contribution >= 0.6 is 0 Å². The largest absolute Gasteiger partial charge is 0.462 e. The van der Waals surface area contributed by atoms with Crippen LogP contribution in [0.1, 0.15) is 19.8 Å². The van der Waals surface area contributed by atoms with Gasteiger partial charge >= 0.3 is 12.1 Å². The number of benzene rings is 1. The average molecular weight is 261 g/mol. The van der Waals surface area contributed by atoms with E-state index in [1.165, 1.54) is 6.92 Å². The minimum Gasteiger partial charge on any atom is -0.462 e. The standard InChI is InChI=1S/C14H15NO4/c1-9(16)18-11-7-12-13(8-11)19-14(17)15(12)10-5-3-2-4-6-10/h2-6,11-13H,7-8H2,1H3/t11-,12+,13-/m1/s1. The summed E-state index contributed by atoms with van der Waals surface area (Å²) in [7, 11) is 0. The number of hydrogen-bond donors (Lipinski definition) is 0. The zero-order valence-electron chi connectivity index (χ0n) is 10.6. The molecule has 19 heavy (non-hydrogen) atoms. The highest BCUT2D eigenvalue weighted by molar-refractivity contribution is 5.90. The van der Waals surface area contributed by atoms with E-state index in [0.717, 1.165) is 5.69 Å². The van der Waals surface area contributed by atoms with Gasteiger partial charge in [-0.15, -0.1) is 0 Å². The Labute approximate surface area is 111 Å². The molecule has 3 rings (SSSR count). The molecule has 2 aliphatic rings. The van der Waals surface area contributed by atoms with Gasteiger partial charge in [0.05, 0.1) is 6.04 Å². The van der Waals surface area contributed by atoms with Crippen LogP contribution in [0.4, 0.5) is 10.5 Å². The zero-order chi connectivity index (χ0) is 13.4. The molecular weight excluding hydrogens is 246 g/mol. The van der Waals surface area contributed by atoms with Gasteiger partial charge in [-0.2, -0.15) is 0 Å². The van der Waals surface area contributed by atoms with Gasteiger partial charge in [-0.05, 0) is 12.1 Å². The average Bonchev–Trinajstić information content (AvgIpc) is 2.85. The van der Waals surface area contributed by atoms with Crippen LogP contribution in [-0.4, -0.2) is 30.3 Å². The Kier molecular flexibility index (Phi) is 2.89. The molecule has 1 heterocycles. The third-order valence-corrected chi connectivity index (χ3v) is 3.58. The van der Waals surface area contributed by atoms with Gasteiger partial charge < -0.3 is 9.47 Å². The molecule has 0 bridgehead atoms. The number of para-hydroxylation sites is 1. The number of carbonyl (C=O) groups is 2. The lowest BCUT2D eigenvalue weighted by Gasteiger charge is -2.20. The summed E-state index contributed by atoms with van der Waals surface area (Å²) in [5, 5.41) is 0. The van der Waals surface area contributed by atoms with E-state index in [9.17, 15) is 9.59 Å². The SMILES string of the molecule is CC(=O)O[C@H]1C[C@H]2OC(=O)N(c3ccccc3)[C@H]2C1. The monoisotopic (exact) mass is 261 g/mol. The number of amides is 1. The van der Waals surface area contributed by atoms with Crippen LogP contribution in [0.3, 0.4) is 0 Å².